The van der Waals surface area contributed by atoms with E-state index in [1.165, 1.54) is 0 Å². The molecule has 0 amide bonds. The second-order valence-corrected chi connectivity index (χ2v) is 6.86. The first-order chi connectivity index (χ1) is 10.1. The van der Waals surface area contributed by atoms with Gasteiger partial charge in [0.2, 0.25) is 0 Å². The smallest absolute Gasteiger partial charge is 0.331 e. The summed E-state index contributed by atoms with van der Waals surface area (Å²) >= 11 is 11.0. The van der Waals surface area contributed by atoms with Gasteiger partial charge >= 0.3 is 13.6 Å². The molecular formula is C13H17Cl2O5P. The third-order valence-corrected chi connectivity index (χ3v) is 4.53. The Hall–Kier alpha value is -0.580. The summed E-state index contributed by atoms with van der Waals surface area (Å²) < 4.78 is 27.6. The summed E-state index contributed by atoms with van der Waals surface area (Å²) in [5.41, 5.74) is 0. The molecule has 0 aliphatic heterocycles. The molecular weight excluding hydrogens is 338 g/mol. The standard InChI is InChI=1S/C13H17Cl2O5P/c14-7-9-18-21(17,19-10-8-15)11-6-13(16)20-12-4-2-1-3-5-12/h1-5H,6-11H2. The van der Waals surface area contributed by atoms with Crippen LogP contribution in [0.1, 0.15) is 6.42 Å². The Bertz CT molecular complexity index is 457. The summed E-state index contributed by atoms with van der Waals surface area (Å²) in [6.07, 6.45) is -0.164. The maximum atomic E-state index is 12.3. The zero-order chi connectivity index (χ0) is 15.6. The number of rotatable bonds is 10. The van der Waals surface area contributed by atoms with Gasteiger partial charge in [-0.1, -0.05) is 18.2 Å². The van der Waals surface area contributed by atoms with Crippen LogP contribution in [0.4, 0.5) is 0 Å². The van der Waals surface area contributed by atoms with Crippen LogP contribution in [0.25, 0.3) is 0 Å². The fourth-order valence-electron chi connectivity index (χ4n) is 1.41. The average Bonchev–Trinajstić information content (AvgIpc) is 2.50. The van der Waals surface area contributed by atoms with E-state index < -0.39 is 13.6 Å². The van der Waals surface area contributed by atoms with Crippen LogP contribution in [-0.2, 0) is 18.4 Å². The van der Waals surface area contributed by atoms with Crippen LogP contribution < -0.4 is 4.74 Å². The summed E-state index contributed by atoms with van der Waals surface area (Å²) in [4.78, 5) is 11.7. The highest BCUT2D eigenvalue weighted by molar-refractivity contribution is 7.53. The first kappa shape index (κ1) is 18.5. The van der Waals surface area contributed by atoms with Crippen LogP contribution in [0.5, 0.6) is 5.75 Å². The molecule has 1 aromatic rings. The zero-order valence-electron chi connectivity index (χ0n) is 11.4. The minimum Gasteiger partial charge on any atom is -0.427 e. The van der Waals surface area contributed by atoms with E-state index in [9.17, 15) is 9.36 Å². The van der Waals surface area contributed by atoms with Crippen molar-refractivity contribution in [3.63, 3.8) is 0 Å². The van der Waals surface area contributed by atoms with Crippen LogP contribution >= 0.6 is 30.8 Å². The number of esters is 1. The molecule has 0 saturated heterocycles. The summed E-state index contributed by atoms with van der Waals surface area (Å²) in [5, 5.41) is 0. The lowest BCUT2D eigenvalue weighted by atomic mass is 10.3. The minimum atomic E-state index is -3.38. The topological polar surface area (TPSA) is 61.8 Å². The monoisotopic (exact) mass is 354 g/mol. The van der Waals surface area contributed by atoms with Crippen molar-refractivity contribution in [3.8, 4) is 5.75 Å². The van der Waals surface area contributed by atoms with E-state index in [0.717, 1.165) is 0 Å². The minimum absolute atomic E-state index is 0.0769. The number of halogens is 2. The Morgan fingerprint density at radius 2 is 1.62 bits per heavy atom. The van der Waals surface area contributed by atoms with E-state index in [1.807, 2.05) is 6.07 Å². The molecule has 0 aliphatic carbocycles. The van der Waals surface area contributed by atoms with Crippen molar-refractivity contribution in [1.82, 2.24) is 0 Å². The number of hydrogen-bond donors (Lipinski definition) is 0. The molecule has 118 valence electrons. The molecule has 1 rings (SSSR count). The van der Waals surface area contributed by atoms with Crippen LogP contribution in [0.3, 0.4) is 0 Å². The summed E-state index contributed by atoms with van der Waals surface area (Å²) in [7, 11) is -3.38. The van der Waals surface area contributed by atoms with Crippen molar-refractivity contribution < 1.29 is 23.1 Å². The Morgan fingerprint density at radius 1 is 1.05 bits per heavy atom. The molecule has 0 radical (unpaired) electrons. The molecule has 0 heterocycles. The van der Waals surface area contributed by atoms with E-state index in [4.69, 9.17) is 37.0 Å². The van der Waals surface area contributed by atoms with Gasteiger partial charge in [-0.2, -0.15) is 0 Å². The highest BCUT2D eigenvalue weighted by Crippen LogP contribution is 2.48. The Kier molecular flexibility index (Phi) is 8.97. The lowest BCUT2D eigenvalue weighted by Gasteiger charge is -2.17. The van der Waals surface area contributed by atoms with E-state index in [2.05, 4.69) is 0 Å². The van der Waals surface area contributed by atoms with Gasteiger partial charge < -0.3 is 13.8 Å². The van der Waals surface area contributed by atoms with Gasteiger partial charge in [0, 0.05) is 11.8 Å². The second kappa shape index (κ2) is 10.2. The van der Waals surface area contributed by atoms with Crippen molar-refractivity contribution in [2.45, 2.75) is 6.42 Å². The Morgan fingerprint density at radius 3 is 2.14 bits per heavy atom. The maximum Gasteiger partial charge on any atom is 0.331 e. The molecule has 1 aromatic carbocycles. The molecule has 8 heteroatoms. The van der Waals surface area contributed by atoms with Crippen molar-refractivity contribution >= 4 is 36.8 Å². The predicted octanol–water partition coefficient (Wildman–Crippen LogP) is 3.69. The molecule has 0 saturated carbocycles. The lowest BCUT2D eigenvalue weighted by molar-refractivity contribution is -0.134. The third kappa shape index (κ3) is 7.84. The van der Waals surface area contributed by atoms with Gasteiger partial charge in [0.1, 0.15) is 5.75 Å². The Balaban J connectivity index is 2.47. The van der Waals surface area contributed by atoms with Gasteiger partial charge in [0.05, 0.1) is 25.8 Å². The van der Waals surface area contributed by atoms with Crippen molar-refractivity contribution in [2.75, 3.05) is 31.1 Å². The number of benzene rings is 1. The molecule has 0 unspecified atom stereocenters. The van der Waals surface area contributed by atoms with E-state index in [0.29, 0.717) is 5.75 Å². The zero-order valence-corrected chi connectivity index (χ0v) is 13.8. The lowest BCUT2D eigenvalue weighted by Crippen LogP contribution is -2.12. The average molecular weight is 355 g/mol. The maximum absolute atomic E-state index is 12.3. The Labute approximate surface area is 134 Å². The van der Waals surface area contributed by atoms with Crippen LogP contribution in [0.2, 0.25) is 0 Å². The molecule has 0 atom stereocenters. The number of hydrogen-bond acceptors (Lipinski definition) is 5. The number of carbonyl (C=O) groups is 1. The van der Waals surface area contributed by atoms with Gasteiger partial charge in [-0.25, -0.2) is 0 Å². The molecule has 0 aliphatic rings. The third-order valence-electron chi connectivity index (χ3n) is 2.29. The van der Waals surface area contributed by atoms with Gasteiger partial charge in [-0.05, 0) is 12.1 Å². The molecule has 0 spiro atoms. The molecule has 5 nitrogen and oxygen atoms in total. The van der Waals surface area contributed by atoms with E-state index in [1.54, 1.807) is 24.3 Å². The summed E-state index contributed by atoms with van der Waals surface area (Å²) in [6, 6.07) is 8.63. The molecule has 21 heavy (non-hydrogen) atoms. The fourth-order valence-corrected chi connectivity index (χ4v) is 3.31. The first-order valence-corrected chi connectivity index (χ1v) is 9.15. The predicted molar refractivity (Wildman–Crippen MR) is 82.5 cm³/mol. The second-order valence-electron chi connectivity index (χ2n) is 3.92. The largest absolute Gasteiger partial charge is 0.427 e. The van der Waals surface area contributed by atoms with E-state index >= 15 is 0 Å². The summed E-state index contributed by atoms with van der Waals surface area (Å²) in [5.74, 6) is 0.289. The van der Waals surface area contributed by atoms with Crippen molar-refractivity contribution in [1.29, 1.82) is 0 Å². The molecule has 0 fully saturated rings. The normalized spacial score (nSPS) is 11.3. The highest BCUT2D eigenvalue weighted by atomic mass is 35.5. The van der Waals surface area contributed by atoms with Gasteiger partial charge in [-0.3, -0.25) is 9.36 Å². The first-order valence-electron chi connectivity index (χ1n) is 6.35. The van der Waals surface area contributed by atoms with Gasteiger partial charge in [0.25, 0.3) is 0 Å². The van der Waals surface area contributed by atoms with Crippen molar-refractivity contribution in [2.24, 2.45) is 0 Å². The molecule has 0 aromatic heterocycles. The number of ether oxygens (including phenoxy) is 1. The van der Waals surface area contributed by atoms with Crippen LogP contribution in [0, 0.1) is 0 Å². The van der Waals surface area contributed by atoms with Crippen LogP contribution in [-0.4, -0.2) is 37.1 Å². The molecule has 0 N–H and O–H groups in total. The summed E-state index contributed by atoms with van der Waals surface area (Å²) in [6.45, 7) is 0.156. The van der Waals surface area contributed by atoms with E-state index in [-0.39, 0.29) is 37.6 Å². The molecule has 0 bridgehead atoms. The SMILES string of the molecule is O=C(CCP(=O)(OCCCl)OCCCl)Oc1ccccc1. The number of alkyl halides is 2. The van der Waals surface area contributed by atoms with Crippen molar-refractivity contribution in [3.05, 3.63) is 30.3 Å². The van der Waals surface area contributed by atoms with Gasteiger partial charge in [0.15, 0.2) is 0 Å². The fraction of sp³-hybridized carbons (Fsp3) is 0.462. The van der Waals surface area contributed by atoms with Crippen LogP contribution in [0.15, 0.2) is 30.3 Å². The number of carbonyl (C=O) groups excluding carboxylic acids is 1. The highest BCUT2D eigenvalue weighted by Gasteiger charge is 2.26. The quantitative estimate of drug-likeness (QED) is 0.277. The van der Waals surface area contributed by atoms with Gasteiger partial charge in [-0.15, -0.1) is 23.2 Å². The number of para-hydroxylation sites is 1.